The number of carbonyl (C=O) groups excluding carboxylic acids is 1. The molecule has 6 nitrogen and oxygen atoms in total. The molecule has 1 aromatic heterocycles. The second-order valence-corrected chi connectivity index (χ2v) is 8.34. The summed E-state index contributed by atoms with van der Waals surface area (Å²) in [6.07, 6.45) is 1.65. The van der Waals surface area contributed by atoms with Crippen LogP contribution in [0.3, 0.4) is 0 Å². The topological polar surface area (TPSA) is 87.2 Å². The van der Waals surface area contributed by atoms with Crippen molar-refractivity contribution in [3.8, 4) is 0 Å². The minimum Gasteiger partial charge on any atom is -0.598 e. The van der Waals surface area contributed by atoms with Crippen LogP contribution >= 0.6 is 0 Å². The largest absolute Gasteiger partial charge is 0.598 e. The van der Waals surface area contributed by atoms with Crippen molar-refractivity contribution in [2.24, 2.45) is 0 Å². The van der Waals surface area contributed by atoms with Crippen LogP contribution in [0.5, 0.6) is 0 Å². The van der Waals surface area contributed by atoms with Crippen LogP contribution < -0.4 is 4.72 Å². The van der Waals surface area contributed by atoms with Crippen molar-refractivity contribution in [2.45, 2.75) is 44.9 Å². The van der Waals surface area contributed by atoms with Crippen LogP contribution in [0.15, 0.2) is 30.5 Å². The normalized spacial score (nSPS) is 14.4. The Labute approximate surface area is 145 Å². The summed E-state index contributed by atoms with van der Waals surface area (Å²) < 4.78 is 20.0. The van der Waals surface area contributed by atoms with E-state index in [1.54, 1.807) is 13.1 Å². The lowest BCUT2D eigenvalue weighted by atomic mass is 10.1. The maximum atomic E-state index is 12.5. The van der Waals surface area contributed by atoms with E-state index in [-0.39, 0.29) is 12.4 Å². The number of nitrogens with one attached hydrogen (secondary N) is 1. The van der Waals surface area contributed by atoms with Gasteiger partial charge in [-0.25, -0.2) is 4.98 Å². The fourth-order valence-corrected chi connectivity index (χ4v) is 2.85. The molecular weight excluding hydrogens is 326 g/mol. The van der Waals surface area contributed by atoms with Gasteiger partial charge in [0.2, 0.25) is 0 Å². The summed E-state index contributed by atoms with van der Waals surface area (Å²) in [7, 11) is 0. The predicted molar refractivity (Wildman–Crippen MR) is 94.6 cm³/mol. The smallest absolute Gasteiger partial charge is 0.307 e. The highest BCUT2D eigenvalue weighted by molar-refractivity contribution is 7.90. The van der Waals surface area contributed by atoms with Crippen LogP contribution in [0.4, 0.5) is 0 Å². The molecule has 0 saturated carbocycles. The third-order valence-electron chi connectivity index (χ3n) is 3.31. The molecule has 0 bridgehead atoms. The first kappa shape index (κ1) is 18.6. The van der Waals surface area contributed by atoms with Gasteiger partial charge in [-0.2, -0.15) is 0 Å². The molecule has 2 unspecified atom stereocenters. The Morgan fingerprint density at radius 1 is 1.33 bits per heavy atom. The molecule has 130 valence electrons. The van der Waals surface area contributed by atoms with E-state index in [2.05, 4.69) is 14.7 Å². The Morgan fingerprint density at radius 2 is 2.00 bits per heavy atom. The maximum Gasteiger partial charge on any atom is 0.307 e. The zero-order valence-electron chi connectivity index (χ0n) is 14.4. The quantitative estimate of drug-likeness (QED) is 0.637. The zero-order valence-corrected chi connectivity index (χ0v) is 15.2. The molecule has 0 amide bonds. The summed E-state index contributed by atoms with van der Waals surface area (Å²) in [6, 6.07) is 6.96. The van der Waals surface area contributed by atoms with E-state index in [9.17, 15) is 9.35 Å². The summed E-state index contributed by atoms with van der Waals surface area (Å²) in [5, 5.41) is 0. The number of ether oxygens (including phenoxy) is 1. The van der Waals surface area contributed by atoms with Gasteiger partial charge in [-0.05, 0) is 39.8 Å². The van der Waals surface area contributed by atoms with Gasteiger partial charge in [-0.15, -0.1) is 4.72 Å². The van der Waals surface area contributed by atoms with Gasteiger partial charge >= 0.3 is 5.97 Å². The molecule has 0 aliphatic heterocycles. The van der Waals surface area contributed by atoms with E-state index in [4.69, 9.17) is 4.74 Å². The van der Waals surface area contributed by atoms with Gasteiger partial charge in [-0.1, -0.05) is 12.1 Å². The Hall–Kier alpha value is -1.70. The van der Waals surface area contributed by atoms with Crippen LogP contribution in [0.2, 0.25) is 0 Å². The third kappa shape index (κ3) is 4.90. The van der Waals surface area contributed by atoms with Crippen LogP contribution in [-0.4, -0.2) is 31.8 Å². The number of rotatable bonds is 6. The molecule has 0 radical (unpaired) electrons. The molecule has 0 saturated heterocycles. The standard InChI is InChI=1S/C17H23N3O3S/c1-5-23-16(21)10-14(20-24(22)17(2,3)4)15-11-18-12-8-6-7-9-13(12)19-15/h6-9,11,14,20H,5,10H2,1-4H3. The van der Waals surface area contributed by atoms with E-state index < -0.39 is 22.2 Å². The Balaban J connectivity index is 2.30. The molecule has 24 heavy (non-hydrogen) atoms. The molecular formula is C17H23N3O3S. The first-order valence-corrected chi connectivity index (χ1v) is 9.01. The molecule has 1 heterocycles. The predicted octanol–water partition coefficient (Wildman–Crippen LogP) is 2.68. The highest BCUT2D eigenvalue weighted by Gasteiger charge is 2.32. The SMILES string of the molecule is CCOC(=O)CC(N[S+]([O-])C(C)(C)C)c1cnc2ccccc2n1. The third-order valence-corrected chi connectivity index (χ3v) is 4.92. The van der Waals surface area contributed by atoms with Crippen molar-refractivity contribution >= 4 is 28.4 Å². The van der Waals surface area contributed by atoms with Crippen LogP contribution in [0.1, 0.15) is 45.9 Å². The number of nitrogens with zero attached hydrogens (tertiary/aromatic N) is 2. The van der Waals surface area contributed by atoms with Gasteiger partial charge in [0.25, 0.3) is 0 Å². The van der Waals surface area contributed by atoms with Crippen LogP contribution in [-0.2, 0) is 20.9 Å². The molecule has 2 rings (SSSR count). The average Bonchev–Trinajstić information content (AvgIpc) is 2.53. The van der Waals surface area contributed by atoms with Gasteiger partial charge < -0.3 is 9.29 Å². The lowest BCUT2D eigenvalue weighted by Crippen LogP contribution is -2.42. The van der Waals surface area contributed by atoms with E-state index in [0.717, 1.165) is 11.0 Å². The van der Waals surface area contributed by atoms with Gasteiger partial charge in [-0.3, -0.25) is 9.78 Å². The summed E-state index contributed by atoms with van der Waals surface area (Å²) in [5.41, 5.74) is 2.07. The first-order chi connectivity index (χ1) is 11.3. The van der Waals surface area contributed by atoms with E-state index in [1.165, 1.54) is 0 Å². The molecule has 0 fully saturated rings. The molecule has 7 heteroatoms. The monoisotopic (exact) mass is 349 g/mol. The van der Waals surface area contributed by atoms with Gasteiger partial charge in [0.15, 0.2) is 0 Å². The summed E-state index contributed by atoms with van der Waals surface area (Å²) in [4.78, 5) is 20.8. The lowest BCUT2D eigenvalue weighted by molar-refractivity contribution is -0.143. The van der Waals surface area contributed by atoms with Crippen molar-refractivity contribution in [2.75, 3.05) is 6.61 Å². The van der Waals surface area contributed by atoms with Crippen molar-refractivity contribution in [3.05, 3.63) is 36.2 Å². The van der Waals surface area contributed by atoms with Gasteiger partial charge in [0, 0.05) is 11.4 Å². The fraction of sp³-hybridized carbons (Fsp3) is 0.471. The van der Waals surface area contributed by atoms with E-state index >= 15 is 0 Å². The minimum atomic E-state index is -1.35. The first-order valence-electron chi connectivity index (χ1n) is 7.86. The Kier molecular flexibility index (Phi) is 6.15. The molecule has 0 spiro atoms. The summed E-state index contributed by atoms with van der Waals surface area (Å²) in [6.45, 7) is 7.65. The number of hydrogen-bond donors (Lipinski definition) is 1. The van der Waals surface area contributed by atoms with Gasteiger partial charge in [0.05, 0.1) is 36.0 Å². The van der Waals surface area contributed by atoms with Crippen LogP contribution in [0, 0.1) is 0 Å². The summed E-state index contributed by atoms with van der Waals surface area (Å²) in [5.74, 6) is -0.365. The number of para-hydroxylation sites is 2. The highest BCUT2D eigenvalue weighted by atomic mass is 32.2. The highest BCUT2D eigenvalue weighted by Crippen LogP contribution is 2.22. The number of esters is 1. The zero-order chi connectivity index (χ0) is 17.7. The number of aromatic nitrogens is 2. The molecule has 1 N–H and O–H groups in total. The number of benzene rings is 1. The molecule has 0 aliphatic rings. The molecule has 0 aliphatic carbocycles. The molecule has 2 aromatic rings. The van der Waals surface area contributed by atoms with E-state index in [0.29, 0.717) is 12.3 Å². The van der Waals surface area contributed by atoms with E-state index in [1.807, 2.05) is 45.0 Å². The Morgan fingerprint density at radius 3 is 2.62 bits per heavy atom. The van der Waals surface area contributed by atoms with Crippen molar-refractivity contribution in [3.63, 3.8) is 0 Å². The number of fused-ring (bicyclic) bond motifs is 1. The van der Waals surface area contributed by atoms with Crippen molar-refractivity contribution in [1.29, 1.82) is 0 Å². The second-order valence-electron chi connectivity index (χ2n) is 6.34. The molecule has 2 atom stereocenters. The average molecular weight is 349 g/mol. The van der Waals surface area contributed by atoms with Gasteiger partial charge in [0.1, 0.15) is 10.8 Å². The maximum absolute atomic E-state index is 12.5. The fourth-order valence-electron chi connectivity index (χ4n) is 2.04. The lowest BCUT2D eigenvalue weighted by Gasteiger charge is -2.27. The second kappa shape index (κ2) is 7.92. The number of hydrogen-bond acceptors (Lipinski definition) is 6. The number of carbonyl (C=O) groups is 1. The summed E-state index contributed by atoms with van der Waals surface area (Å²) >= 11 is -1.35. The van der Waals surface area contributed by atoms with Crippen molar-refractivity contribution < 1.29 is 14.1 Å². The minimum absolute atomic E-state index is 0.0443. The van der Waals surface area contributed by atoms with Crippen LogP contribution in [0.25, 0.3) is 11.0 Å². The van der Waals surface area contributed by atoms with Crippen molar-refractivity contribution in [1.82, 2.24) is 14.7 Å². The Bertz CT molecular complexity index is 703. The molecule has 1 aromatic carbocycles.